The van der Waals surface area contributed by atoms with Crippen molar-refractivity contribution in [2.24, 2.45) is 5.92 Å². The molecule has 28 heavy (non-hydrogen) atoms. The highest BCUT2D eigenvalue weighted by molar-refractivity contribution is 5.89. The van der Waals surface area contributed by atoms with Gasteiger partial charge in [-0.3, -0.25) is 9.20 Å². The number of rotatable bonds is 3. The van der Waals surface area contributed by atoms with E-state index in [4.69, 9.17) is 0 Å². The van der Waals surface area contributed by atoms with Crippen LogP contribution in [0, 0.1) is 18.7 Å². The third kappa shape index (κ3) is 2.64. The molecular formula is C21H24FN3O3. The Morgan fingerprint density at radius 3 is 2.75 bits per heavy atom. The molecule has 5 rings (SSSR count). The summed E-state index contributed by atoms with van der Waals surface area (Å²) in [6.07, 6.45) is 5.42. The summed E-state index contributed by atoms with van der Waals surface area (Å²) in [6.45, 7) is 4.43. The van der Waals surface area contributed by atoms with Crippen molar-refractivity contribution in [1.29, 1.82) is 0 Å². The van der Waals surface area contributed by atoms with Gasteiger partial charge in [0.05, 0.1) is 17.4 Å². The summed E-state index contributed by atoms with van der Waals surface area (Å²) in [4.78, 5) is 26.3. The number of nitrogens with one attached hydrogen (secondary N) is 1. The third-order valence-corrected chi connectivity index (χ3v) is 6.61. The highest BCUT2D eigenvalue weighted by Gasteiger charge is 2.37. The van der Waals surface area contributed by atoms with Crippen LogP contribution in [0.4, 0.5) is 10.1 Å². The van der Waals surface area contributed by atoms with Crippen LogP contribution < -0.4 is 15.8 Å². The van der Waals surface area contributed by atoms with Crippen molar-refractivity contribution in [3.63, 3.8) is 0 Å². The molecule has 3 fully saturated rings. The number of carboxylic acids is 1. The van der Waals surface area contributed by atoms with Crippen LogP contribution in [0.5, 0.6) is 0 Å². The quantitative estimate of drug-likeness (QED) is 0.849. The van der Waals surface area contributed by atoms with Gasteiger partial charge < -0.3 is 15.3 Å². The first-order valence-electron chi connectivity index (χ1n) is 10.1. The van der Waals surface area contributed by atoms with Gasteiger partial charge in [0.1, 0.15) is 5.56 Å². The third-order valence-electron chi connectivity index (χ3n) is 6.61. The number of piperidine rings is 1. The molecule has 1 aliphatic carbocycles. The Balaban J connectivity index is 1.70. The number of pyridine rings is 2. The minimum absolute atomic E-state index is 0.244. The average molecular weight is 385 g/mol. The van der Waals surface area contributed by atoms with Gasteiger partial charge in [0.15, 0.2) is 5.82 Å². The maximum atomic E-state index is 15.2. The van der Waals surface area contributed by atoms with E-state index < -0.39 is 17.3 Å². The van der Waals surface area contributed by atoms with Crippen LogP contribution in [0.25, 0.3) is 5.52 Å². The van der Waals surface area contributed by atoms with E-state index in [1.54, 1.807) is 0 Å². The zero-order valence-corrected chi connectivity index (χ0v) is 15.9. The normalized spacial score (nSPS) is 24.6. The van der Waals surface area contributed by atoms with Crippen molar-refractivity contribution in [2.45, 2.75) is 44.6 Å². The van der Waals surface area contributed by atoms with Crippen molar-refractivity contribution in [1.82, 2.24) is 9.72 Å². The SMILES string of the molecule is Cc1c(N2C[C@@H]3CCCN[C@H]3C2)c(F)cn2c(=O)c(C(=O)O)cc(C3CC3)c12. The molecule has 6 nitrogen and oxygen atoms in total. The Hall–Kier alpha value is -2.41. The second-order valence-corrected chi connectivity index (χ2v) is 8.44. The van der Waals surface area contributed by atoms with Gasteiger partial charge in [-0.2, -0.15) is 0 Å². The molecule has 4 heterocycles. The number of nitrogens with zero attached hydrogens (tertiary/aromatic N) is 2. The van der Waals surface area contributed by atoms with Crippen LogP contribution in [-0.4, -0.2) is 41.2 Å². The van der Waals surface area contributed by atoms with Crippen LogP contribution >= 0.6 is 0 Å². The smallest absolute Gasteiger partial charge is 0.341 e. The zero-order valence-electron chi connectivity index (χ0n) is 15.9. The number of aromatic carboxylic acids is 1. The second kappa shape index (κ2) is 6.30. The molecule has 0 unspecified atom stereocenters. The number of aryl methyl sites for hydroxylation is 1. The van der Waals surface area contributed by atoms with Gasteiger partial charge in [0.25, 0.3) is 5.56 Å². The molecule has 0 radical (unpaired) electrons. The molecule has 2 aromatic rings. The largest absolute Gasteiger partial charge is 0.477 e. The minimum atomic E-state index is -1.27. The van der Waals surface area contributed by atoms with E-state index in [0.717, 1.165) is 56.4 Å². The molecule has 1 saturated carbocycles. The Kier molecular flexibility index (Phi) is 3.98. The van der Waals surface area contributed by atoms with Gasteiger partial charge in [0, 0.05) is 19.1 Å². The highest BCUT2D eigenvalue weighted by Crippen LogP contribution is 2.44. The van der Waals surface area contributed by atoms with Crippen molar-refractivity contribution >= 4 is 17.2 Å². The Morgan fingerprint density at radius 1 is 1.29 bits per heavy atom. The molecule has 7 heteroatoms. The predicted molar refractivity (Wildman–Crippen MR) is 104 cm³/mol. The Bertz CT molecular complexity index is 1030. The monoisotopic (exact) mass is 385 g/mol. The summed E-state index contributed by atoms with van der Waals surface area (Å²) in [7, 11) is 0. The van der Waals surface area contributed by atoms with Gasteiger partial charge in [-0.1, -0.05) is 0 Å². The van der Waals surface area contributed by atoms with E-state index in [-0.39, 0.29) is 11.5 Å². The van der Waals surface area contributed by atoms with Crippen LogP contribution in [0.2, 0.25) is 0 Å². The van der Waals surface area contributed by atoms with Gasteiger partial charge in [0.2, 0.25) is 0 Å². The standard InChI is InChI=1S/C21H24FN3O3/c1-11-18-14(12-4-5-12)7-15(21(27)28)20(26)25(18)9-16(22)19(11)24-8-13-3-2-6-23-17(13)10-24/h7,9,12-13,17,23H,2-6,8,10H2,1H3,(H,27,28)/t13-,17-/m0/s1. The average Bonchev–Trinajstić information content (AvgIpc) is 3.41. The Labute approximate surface area is 162 Å². The summed E-state index contributed by atoms with van der Waals surface area (Å²) < 4.78 is 16.4. The van der Waals surface area contributed by atoms with Crippen LogP contribution in [0.3, 0.4) is 0 Å². The lowest BCUT2D eigenvalue weighted by atomic mass is 9.94. The number of hydrogen-bond acceptors (Lipinski definition) is 4. The first-order chi connectivity index (χ1) is 13.5. The number of carboxylic acid groups (broad SMARTS) is 1. The molecule has 2 saturated heterocycles. The summed E-state index contributed by atoms with van der Waals surface area (Å²) >= 11 is 0. The van der Waals surface area contributed by atoms with E-state index in [9.17, 15) is 14.7 Å². The fourth-order valence-electron chi connectivity index (χ4n) is 5.12. The van der Waals surface area contributed by atoms with Gasteiger partial charge in [-0.15, -0.1) is 0 Å². The minimum Gasteiger partial charge on any atom is -0.477 e. The maximum absolute atomic E-state index is 15.2. The van der Waals surface area contributed by atoms with Gasteiger partial charge >= 0.3 is 5.97 Å². The maximum Gasteiger partial charge on any atom is 0.341 e. The number of fused-ring (bicyclic) bond motifs is 2. The molecule has 0 bridgehead atoms. The van der Waals surface area contributed by atoms with Crippen molar-refractivity contribution < 1.29 is 14.3 Å². The molecule has 0 aromatic carbocycles. The van der Waals surface area contributed by atoms with E-state index in [2.05, 4.69) is 10.2 Å². The van der Waals surface area contributed by atoms with Crippen LogP contribution in [0.15, 0.2) is 17.1 Å². The lowest BCUT2D eigenvalue weighted by Gasteiger charge is -2.24. The van der Waals surface area contributed by atoms with Gasteiger partial charge in [-0.25, -0.2) is 9.18 Å². The molecule has 148 valence electrons. The fraction of sp³-hybridized carbons (Fsp3) is 0.524. The molecule has 2 aromatic heterocycles. The number of halogens is 1. The summed E-state index contributed by atoms with van der Waals surface area (Å²) in [5.41, 5.74) is 1.86. The van der Waals surface area contributed by atoms with Crippen LogP contribution in [-0.2, 0) is 0 Å². The molecule has 3 aliphatic rings. The molecule has 0 amide bonds. The summed E-state index contributed by atoms with van der Waals surface area (Å²) in [6, 6.07) is 1.89. The van der Waals surface area contributed by atoms with Crippen molar-refractivity contribution in [3.8, 4) is 0 Å². The number of hydrogen-bond donors (Lipinski definition) is 2. The summed E-state index contributed by atoms with van der Waals surface area (Å²) in [5.74, 6) is -0.968. The lowest BCUT2D eigenvalue weighted by molar-refractivity contribution is 0.0694. The molecule has 0 spiro atoms. The van der Waals surface area contributed by atoms with Crippen molar-refractivity contribution in [2.75, 3.05) is 24.5 Å². The number of anilines is 1. The van der Waals surface area contributed by atoms with E-state index >= 15 is 4.39 Å². The topological polar surface area (TPSA) is 74.0 Å². The van der Waals surface area contributed by atoms with E-state index in [1.807, 2.05) is 6.92 Å². The lowest BCUT2D eigenvalue weighted by Crippen LogP contribution is -2.40. The number of carbonyl (C=O) groups is 1. The Morgan fingerprint density at radius 2 is 2.07 bits per heavy atom. The van der Waals surface area contributed by atoms with Crippen LogP contribution in [0.1, 0.15) is 53.1 Å². The first-order valence-corrected chi connectivity index (χ1v) is 10.1. The predicted octanol–water partition coefficient (Wildman–Crippen LogP) is 2.51. The molecule has 2 aliphatic heterocycles. The molecule has 2 atom stereocenters. The number of aromatic nitrogens is 1. The van der Waals surface area contributed by atoms with Crippen molar-refractivity contribution in [3.05, 3.63) is 45.1 Å². The van der Waals surface area contributed by atoms with E-state index in [1.165, 1.54) is 16.7 Å². The fourth-order valence-corrected chi connectivity index (χ4v) is 5.12. The highest BCUT2D eigenvalue weighted by atomic mass is 19.1. The molecular weight excluding hydrogens is 361 g/mol. The van der Waals surface area contributed by atoms with Gasteiger partial charge in [-0.05, 0) is 68.2 Å². The second-order valence-electron chi connectivity index (χ2n) is 8.44. The zero-order chi connectivity index (χ0) is 19.6. The van der Waals surface area contributed by atoms with E-state index in [0.29, 0.717) is 23.2 Å². The molecule has 2 N–H and O–H groups in total. The summed E-state index contributed by atoms with van der Waals surface area (Å²) in [5, 5.41) is 13.0. The first kappa shape index (κ1) is 17.7.